The van der Waals surface area contributed by atoms with Crippen LogP contribution in [0, 0.1) is 5.92 Å². The number of nitrogens with one attached hydrogen (secondary N) is 1. The smallest absolute Gasteiger partial charge is 0.326 e. The molecule has 0 aliphatic carbocycles. The van der Waals surface area contributed by atoms with Gasteiger partial charge in [-0.2, -0.15) is 0 Å². The van der Waals surface area contributed by atoms with Crippen molar-refractivity contribution in [2.45, 2.75) is 149 Å². The van der Waals surface area contributed by atoms with Crippen molar-refractivity contribution in [3.05, 3.63) is 12.2 Å². The molecule has 0 saturated carbocycles. The average molecular weight is 452 g/mol. The third kappa shape index (κ3) is 21.9. The van der Waals surface area contributed by atoms with Gasteiger partial charge in [0.05, 0.1) is 0 Å². The van der Waals surface area contributed by atoms with E-state index in [1.54, 1.807) is 0 Å². The molecule has 1 unspecified atom stereocenters. The maximum absolute atomic E-state index is 11.9. The highest BCUT2D eigenvalue weighted by molar-refractivity contribution is 5.83. The highest BCUT2D eigenvalue weighted by Crippen LogP contribution is 2.13. The van der Waals surface area contributed by atoms with E-state index in [4.69, 9.17) is 0 Å². The number of carboxylic acids is 1. The molecule has 188 valence electrons. The molecule has 0 radical (unpaired) electrons. The largest absolute Gasteiger partial charge is 0.480 e. The fourth-order valence-corrected chi connectivity index (χ4v) is 4.02. The van der Waals surface area contributed by atoms with Gasteiger partial charge in [0.1, 0.15) is 6.04 Å². The van der Waals surface area contributed by atoms with E-state index >= 15 is 0 Å². The molecule has 0 aliphatic heterocycles. The minimum atomic E-state index is -0.934. The van der Waals surface area contributed by atoms with Crippen molar-refractivity contribution in [1.82, 2.24) is 5.32 Å². The molecule has 4 heteroatoms. The Balaban J connectivity index is 3.39. The lowest BCUT2D eigenvalue weighted by atomic mass is 10.0. The molecular formula is C28H53NO3. The standard InChI is InChI=1S/C28H53NO3/c1-4-5-6-7-8-9-10-11-12-13-14-15-16-17-18-19-20-21-22-23-27(30)29-26(28(31)32)24-25(2)3/h11-12,25-26H,4-10,13-24H2,1-3H3,(H,29,30)(H,31,32). The van der Waals surface area contributed by atoms with Crippen molar-refractivity contribution in [2.24, 2.45) is 5.92 Å². The average Bonchev–Trinajstić information content (AvgIpc) is 2.74. The van der Waals surface area contributed by atoms with Crippen molar-refractivity contribution in [3.63, 3.8) is 0 Å². The summed E-state index contributed by atoms with van der Waals surface area (Å²) < 4.78 is 0. The van der Waals surface area contributed by atoms with Crippen LogP contribution in [0.15, 0.2) is 12.2 Å². The summed E-state index contributed by atoms with van der Waals surface area (Å²) in [6.07, 6.45) is 27.4. The lowest BCUT2D eigenvalue weighted by Gasteiger charge is -2.16. The number of carbonyl (C=O) groups excluding carboxylic acids is 1. The minimum absolute atomic E-state index is 0.126. The molecule has 1 atom stereocenters. The second-order valence-electron chi connectivity index (χ2n) is 9.84. The first-order valence-electron chi connectivity index (χ1n) is 13.6. The monoisotopic (exact) mass is 451 g/mol. The number of carbonyl (C=O) groups is 2. The second-order valence-corrected chi connectivity index (χ2v) is 9.84. The first kappa shape index (κ1) is 30.7. The summed E-state index contributed by atoms with van der Waals surface area (Å²) in [4.78, 5) is 23.1. The summed E-state index contributed by atoms with van der Waals surface area (Å²) in [5.74, 6) is -0.807. The van der Waals surface area contributed by atoms with Gasteiger partial charge >= 0.3 is 5.97 Å². The molecular weight excluding hydrogens is 398 g/mol. The summed E-state index contributed by atoms with van der Waals surface area (Å²) >= 11 is 0. The van der Waals surface area contributed by atoms with Crippen LogP contribution in [0.25, 0.3) is 0 Å². The summed E-state index contributed by atoms with van der Waals surface area (Å²) in [5, 5.41) is 11.9. The lowest BCUT2D eigenvalue weighted by molar-refractivity contribution is -0.142. The van der Waals surface area contributed by atoms with E-state index in [0.717, 1.165) is 12.8 Å². The quantitative estimate of drug-likeness (QED) is 0.121. The molecule has 32 heavy (non-hydrogen) atoms. The van der Waals surface area contributed by atoms with Crippen LogP contribution in [0.2, 0.25) is 0 Å². The summed E-state index contributed by atoms with van der Waals surface area (Å²) in [5.41, 5.74) is 0. The maximum atomic E-state index is 11.9. The first-order valence-corrected chi connectivity index (χ1v) is 13.6. The molecule has 0 fully saturated rings. The third-order valence-electron chi connectivity index (χ3n) is 6.01. The molecule has 0 aromatic carbocycles. The Labute approximate surface area is 199 Å². The SMILES string of the molecule is CCCCCCCCC=CCCCCCCCCCCCC(=O)NC(CC(C)C)C(=O)O. The first-order chi connectivity index (χ1) is 15.5. The maximum Gasteiger partial charge on any atom is 0.326 e. The topological polar surface area (TPSA) is 66.4 Å². The predicted molar refractivity (Wildman–Crippen MR) is 137 cm³/mol. The number of rotatable bonds is 23. The number of hydrogen-bond donors (Lipinski definition) is 2. The van der Waals surface area contributed by atoms with Gasteiger partial charge in [-0.15, -0.1) is 0 Å². The highest BCUT2D eigenvalue weighted by atomic mass is 16.4. The number of allylic oxidation sites excluding steroid dienone is 2. The van der Waals surface area contributed by atoms with Gasteiger partial charge in [0.25, 0.3) is 0 Å². The molecule has 0 bridgehead atoms. The van der Waals surface area contributed by atoms with Crippen LogP contribution in [0.3, 0.4) is 0 Å². The van der Waals surface area contributed by atoms with E-state index in [1.807, 2.05) is 13.8 Å². The molecule has 0 aromatic rings. The molecule has 0 spiro atoms. The molecule has 0 heterocycles. The van der Waals surface area contributed by atoms with Gasteiger partial charge in [0.15, 0.2) is 0 Å². The Morgan fingerprint density at radius 1 is 0.719 bits per heavy atom. The Kier molecular flexibility index (Phi) is 21.9. The van der Waals surface area contributed by atoms with E-state index in [2.05, 4.69) is 24.4 Å². The van der Waals surface area contributed by atoms with Gasteiger partial charge in [0.2, 0.25) is 5.91 Å². The summed E-state index contributed by atoms with van der Waals surface area (Å²) in [7, 11) is 0. The fraction of sp³-hybridized carbons (Fsp3) is 0.857. The number of hydrogen-bond acceptors (Lipinski definition) is 2. The normalized spacial score (nSPS) is 12.5. The number of aliphatic carboxylic acids is 1. The minimum Gasteiger partial charge on any atom is -0.480 e. The predicted octanol–water partition coefficient (Wildman–Crippen LogP) is 8.20. The van der Waals surface area contributed by atoms with Crippen molar-refractivity contribution >= 4 is 11.9 Å². The van der Waals surface area contributed by atoms with Gasteiger partial charge in [-0.3, -0.25) is 4.79 Å². The number of carboxylic acid groups (broad SMARTS) is 1. The number of amides is 1. The summed E-state index contributed by atoms with van der Waals surface area (Å²) in [6.45, 7) is 6.21. The molecule has 1 amide bonds. The van der Waals surface area contributed by atoms with Crippen molar-refractivity contribution in [2.75, 3.05) is 0 Å². The van der Waals surface area contributed by atoms with Crippen LogP contribution in [0.1, 0.15) is 143 Å². The second kappa shape index (κ2) is 22.9. The van der Waals surface area contributed by atoms with Gasteiger partial charge in [-0.25, -0.2) is 4.79 Å². The van der Waals surface area contributed by atoms with Gasteiger partial charge in [-0.1, -0.05) is 110 Å². The zero-order chi connectivity index (χ0) is 23.9. The molecule has 0 saturated heterocycles. The van der Waals surface area contributed by atoms with Crippen LogP contribution in [0.5, 0.6) is 0 Å². The Bertz CT molecular complexity index is 473. The van der Waals surface area contributed by atoms with Crippen molar-refractivity contribution in [1.29, 1.82) is 0 Å². The zero-order valence-electron chi connectivity index (χ0n) is 21.5. The molecule has 0 rings (SSSR count). The van der Waals surface area contributed by atoms with Gasteiger partial charge in [0, 0.05) is 6.42 Å². The van der Waals surface area contributed by atoms with Gasteiger partial charge < -0.3 is 10.4 Å². The van der Waals surface area contributed by atoms with E-state index in [1.165, 1.54) is 96.3 Å². The van der Waals surface area contributed by atoms with Crippen LogP contribution < -0.4 is 5.32 Å². The van der Waals surface area contributed by atoms with E-state index < -0.39 is 12.0 Å². The van der Waals surface area contributed by atoms with Crippen molar-refractivity contribution in [3.8, 4) is 0 Å². The highest BCUT2D eigenvalue weighted by Gasteiger charge is 2.20. The Morgan fingerprint density at radius 3 is 1.59 bits per heavy atom. The van der Waals surface area contributed by atoms with Crippen LogP contribution in [0.4, 0.5) is 0 Å². The van der Waals surface area contributed by atoms with E-state index in [0.29, 0.717) is 12.8 Å². The Morgan fingerprint density at radius 2 is 1.16 bits per heavy atom. The lowest BCUT2D eigenvalue weighted by Crippen LogP contribution is -2.41. The molecule has 2 N–H and O–H groups in total. The van der Waals surface area contributed by atoms with Crippen molar-refractivity contribution < 1.29 is 14.7 Å². The number of unbranched alkanes of at least 4 members (excludes halogenated alkanes) is 15. The van der Waals surface area contributed by atoms with Gasteiger partial charge in [-0.05, 0) is 44.4 Å². The molecule has 4 nitrogen and oxygen atoms in total. The molecule has 0 aromatic heterocycles. The van der Waals surface area contributed by atoms with Crippen LogP contribution in [-0.4, -0.2) is 23.0 Å². The summed E-state index contributed by atoms with van der Waals surface area (Å²) in [6, 6.07) is -0.752. The molecule has 0 aliphatic rings. The van der Waals surface area contributed by atoms with Crippen LogP contribution >= 0.6 is 0 Å². The zero-order valence-corrected chi connectivity index (χ0v) is 21.5. The van der Waals surface area contributed by atoms with Crippen LogP contribution in [-0.2, 0) is 9.59 Å². The van der Waals surface area contributed by atoms with E-state index in [9.17, 15) is 14.7 Å². The third-order valence-corrected chi connectivity index (χ3v) is 6.01. The Hall–Kier alpha value is -1.32. The van der Waals surface area contributed by atoms with E-state index in [-0.39, 0.29) is 11.8 Å². The fourth-order valence-electron chi connectivity index (χ4n) is 4.02.